The minimum absolute atomic E-state index is 0.105. The number of amides is 4. The number of fused-ring (bicyclic) bond motifs is 1. The molecular weight excluding hydrogens is 842 g/mol. The van der Waals surface area contributed by atoms with Gasteiger partial charge >= 0.3 is 0 Å². The van der Waals surface area contributed by atoms with Crippen molar-refractivity contribution in [2.45, 2.75) is 83.0 Å². The fraction of sp³-hybridized carbons (Fsp3) is 0.460. The first-order chi connectivity index (χ1) is 31.4. The maximum atomic E-state index is 13.3. The highest BCUT2D eigenvalue weighted by atomic mass is 35.5. The number of halogens is 1. The Morgan fingerprint density at radius 3 is 2.25 bits per heavy atom. The normalized spacial score (nSPS) is 20.8. The largest absolute Gasteiger partial charge is 0.487 e. The number of nitrogens with one attached hydrogen (secondary N) is 1. The number of ether oxygens (including phenoxy) is 1. The highest BCUT2D eigenvalue weighted by Crippen LogP contribution is 2.35. The highest BCUT2D eigenvalue weighted by molar-refractivity contribution is 6.30. The molecule has 0 spiro atoms. The monoisotopic (exact) mass is 897 g/mol. The minimum Gasteiger partial charge on any atom is -0.487 e. The summed E-state index contributed by atoms with van der Waals surface area (Å²) in [6.07, 6.45) is 6.71. The number of hydrogen-bond donors (Lipinski definition) is 1. The van der Waals surface area contributed by atoms with Gasteiger partial charge in [-0.05, 0) is 129 Å². The molecule has 15 heteroatoms. The van der Waals surface area contributed by atoms with Crippen LogP contribution in [-0.2, 0) is 28.2 Å². The van der Waals surface area contributed by atoms with Gasteiger partial charge in [0.05, 0.1) is 28.5 Å². The predicted octanol–water partition coefficient (Wildman–Crippen LogP) is 5.81. The van der Waals surface area contributed by atoms with Crippen LogP contribution in [0.3, 0.4) is 0 Å². The molecule has 0 radical (unpaired) electrons. The van der Waals surface area contributed by atoms with Gasteiger partial charge in [0, 0.05) is 68.4 Å². The number of imide groups is 2. The van der Waals surface area contributed by atoms with Crippen molar-refractivity contribution in [1.82, 2.24) is 34.9 Å². The number of benzene rings is 3. The Balaban J connectivity index is 0.684. The summed E-state index contributed by atoms with van der Waals surface area (Å²) in [7, 11) is 0. The third kappa shape index (κ3) is 9.80. The van der Waals surface area contributed by atoms with E-state index in [4.69, 9.17) is 21.3 Å². The zero-order valence-corrected chi connectivity index (χ0v) is 37.9. The van der Waals surface area contributed by atoms with Crippen LogP contribution in [0.5, 0.6) is 5.75 Å². The first kappa shape index (κ1) is 44.5. The molecule has 0 saturated carbocycles. The summed E-state index contributed by atoms with van der Waals surface area (Å²) in [5.74, 6) is 0.264. The number of nitriles is 1. The lowest BCUT2D eigenvalue weighted by Gasteiger charge is -2.43. The molecule has 5 aliphatic heterocycles. The number of hydrogen-bond acceptors (Lipinski definition) is 12. The van der Waals surface area contributed by atoms with Crippen LogP contribution in [-0.4, -0.2) is 124 Å². The number of nitrogens with zero attached hydrogens (tertiary/aromatic N) is 8. The van der Waals surface area contributed by atoms with Crippen molar-refractivity contribution in [3.05, 3.63) is 117 Å². The summed E-state index contributed by atoms with van der Waals surface area (Å²) in [6.45, 7) is 14.4. The van der Waals surface area contributed by atoms with Crippen LogP contribution in [0.25, 0.3) is 0 Å². The molecule has 4 fully saturated rings. The molecule has 3 aromatic carbocycles. The van der Waals surface area contributed by atoms with Gasteiger partial charge in [-0.15, -0.1) is 0 Å². The van der Waals surface area contributed by atoms with Crippen LogP contribution in [0, 0.1) is 17.2 Å². The smallest absolute Gasteiger partial charge is 0.262 e. The van der Waals surface area contributed by atoms with E-state index in [0.29, 0.717) is 46.8 Å². The molecular formula is C50H56ClN9O5. The summed E-state index contributed by atoms with van der Waals surface area (Å²) in [6, 6.07) is 22.7. The minimum atomic E-state index is -0.954. The summed E-state index contributed by atoms with van der Waals surface area (Å²) in [5, 5.41) is 12.2. The van der Waals surface area contributed by atoms with Gasteiger partial charge in [-0.2, -0.15) is 5.26 Å². The number of carbonyl (C=O) groups is 4. The number of aromatic nitrogens is 2. The van der Waals surface area contributed by atoms with Crippen LogP contribution < -0.4 is 15.0 Å². The first-order valence-corrected chi connectivity index (χ1v) is 23.3. The maximum absolute atomic E-state index is 13.3. The Morgan fingerprint density at radius 2 is 1.52 bits per heavy atom. The van der Waals surface area contributed by atoms with Gasteiger partial charge in [-0.3, -0.25) is 39.2 Å². The Bertz CT molecular complexity index is 2490. The molecule has 1 atom stereocenters. The van der Waals surface area contributed by atoms with E-state index in [1.165, 1.54) is 12.8 Å². The molecule has 4 saturated heterocycles. The average molecular weight is 899 g/mol. The van der Waals surface area contributed by atoms with E-state index in [1.54, 1.807) is 12.1 Å². The van der Waals surface area contributed by atoms with Crippen molar-refractivity contribution in [2.24, 2.45) is 5.92 Å². The molecule has 4 aromatic rings. The van der Waals surface area contributed by atoms with Gasteiger partial charge in [-0.1, -0.05) is 43.6 Å². The van der Waals surface area contributed by atoms with Crippen LogP contribution in [0.2, 0.25) is 5.02 Å². The van der Waals surface area contributed by atoms with E-state index in [-0.39, 0.29) is 24.2 Å². The van der Waals surface area contributed by atoms with Crippen molar-refractivity contribution in [3.63, 3.8) is 0 Å². The zero-order chi connectivity index (χ0) is 45.2. The molecule has 5 aliphatic rings. The average Bonchev–Trinajstić information content (AvgIpc) is 3.56. The third-order valence-corrected chi connectivity index (χ3v) is 14.4. The second-order valence-electron chi connectivity index (χ2n) is 18.7. The second kappa shape index (κ2) is 19.0. The zero-order valence-electron chi connectivity index (χ0n) is 37.2. The van der Waals surface area contributed by atoms with Crippen LogP contribution in [0.1, 0.15) is 101 Å². The molecule has 65 heavy (non-hydrogen) atoms. The van der Waals surface area contributed by atoms with E-state index in [2.05, 4.69) is 61.9 Å². The lowest BCUT2D eigenvalue weighted by molar-refractivity contribution is -0.136. The van der Waals surface area contributed by atoms with Gasteiger partial charge in [0.2, 0.25) is 17.8 Å². The molecule has 1 unspecified atom stereocenters. The number of anilines is 1. The van der Waals surface area contributed by atoms with Gasteiger partial charge in [0.1, 0.15) is 18.4 Å². The highest BCUT2D eigenvalue weighted by Gasteiger charge is 2.44. The van der Waals surface area contributed by atoms with E-state index in [0.717, 1.165) is 111 Å². The van der Waals surface area contributed by atoms with E-state index >= 15 is 0 Å². The number of piperazine rings is 1. The molecule has 6 heterocycles. The van der Waals surface area contributed by atoms with Gasteiger partial charge in [0.15, 0.2) is 0 Å². The maximum Gasteiger partial charge on any atom is 0.262 e. The fourth-order valence-corrected chi connectivity index (χ4v) is 10.5. The molecule has 9 rings (SSSR count). The van der Waals surface area contributed by atoms with E-state index in [9.17, 15) is 24.4 Å². The van der Waals surface area contributed by atoms with E-state index in [1.807, 2.05) is 48.7 Å². The fourth-order valence-electron chi connectivity index (χ4n) is 10.2. The van der Waals surface area contributed by atoms with Gasteiger partial charge in [-0.25, -0.2) is 9.97 Å². The Kier molecular flexibility index (Phi) is 13.0. The predicted molar refractivity (Wildman–Crippen MR) is 245 cm³/mol. The van der Waals surface area contributed by atoms with Crippen molar-refractivity contribution >= 4 is 41.2 Å². The SMILES string of the molecule is CC(C)(c1ccc(OCc2ccnc(N3CCN(C4CCN(CC5CCN(Cc6ccc7c(c6)C(=O)N(C6CCC(=O)NC6=O)C7=O)CC5)CC4)CC3)n2)cc1)c1cc(Cl)cc(C#N)c1. The molecule has 14 nitrogen and oxygen atoms in total. The van der Waals surface area contributed by atoms with Crippen LogP contribution in [0.15, 0.2) is 72.9 Å². The molecule has 1 aromatic heterocycles. The van der Waals surface area contributed by atoms with Crippen molar-refractivity contribution in [3.8, 4) is 11.8 Å². The van der Waals surface area contributed by atoms with E-state index < -0.39 is 23.8 Å². The van der Waals surface area contributed by atoms with Crippen molar-refractivity contribution in [1.29, 1.82) is 5.26 Å². The molecule has 0 aliphatic carbocycles. The summed E-state index contributed by atoms with van der Waals surface area (Å²) in [4.78, 5) is 71.1. The number of likely N-dealkylation sites (tertiary alicyclic amines) is 2. The summed E-state index contributed by atoms with van der Waals surface area (Å²) < 4.78 is 6.16. The van der Waals surface area contributed by atoms with Crippen molar-refractivity contribution < 1.29 is 23.9 Å². The molecule has 338 valence electrons. The molecule has 4 amide bonds. The quantitative estimate of drug-likeness (QED) is 0.171. The van der Waals surface area contributed by atoms with Crippen LogP contribution in [0.4, 0.5) is 5.95 Å². The summed E-state index contributed by atoms with van der Waals surface area (Å²) in [5.41, 5.74) is 4.75. The lowest BCUT2D eigenvalue weighted by Crippen LogP contribution is -2.54. The van der Waals surface area contributed by atoms with Crippen molar-refractivity contribution in [2.75, 3.05) is 63.8 Å². The number of carbonyl (C=O) groups excluding carboxylic acids is 4. The lowest BCUT2D eigenvalue weighted by atomic mass is 9.78. The van der Waals surface area contributed by atoms with Gasteiger partial charge in [0.25, 0.3) is 11.8 Å². The molecule has 0 bridgehead atoms. The topological polar surface area (TPSA) is 155 Å². The number of rotatable bonds is 12. The Labute approximate surface area is 385 Å². The number of piperidine rings is 3. The van der Waals surface area contributed by atoms with Gasteiger partial charge < -0.3 is 14.5 Å². The summed E-state index contributed by atoms with van der Waals surface area (Å²) >= 11 is 6.31. The van der Waals surface area contributed by atoms with Crippen LogP contribution >= 0.6 is 11.6 Å². The third-order valence-electron chi connectivity index (χ3n) is 14.2. The second-order valence-corrected chi connectivity index (χ2v) is 19.2. The first-order valence-electron chi connectivity index (χ1n) is 23.0. The standard InChI is InChI=1S/C50H56ClN9O5/c1-50(2,37-25-35(29-52)26-38(51)28-37)36-4-6-41(7-5-36)65-32-39-11-16-53-49(54-39)59-23-21-58(22-24-59)40-14-19-57(20-15-40)30-33-12-17-56(18-13-33)31-34-3-8-42-43(27-34)48(64)60(47(42)63)44-9-10-45(61)55-46(44)62/h3-8,11,16,25-28,33,40,44H,9-10,12-15,17-24,30-32H2,1-2H3,(H,55,61,62). The Morgan fingerprint density at radius 1 is 0.800 bits per heavy atom. The Hall–Kier alpha value is -5.72. The molecule has 1 N–H and O–H groups in total.